The predicted molar refractivity (Wildman–Crippen MR) is 79.9 cm³/mol. The first-order chi connectivity index (χ1) is 8.41. The van der Waals surface area contributed by atoms with Gasteiger partial charge in [0.05, 0.1) is 17.1 Å². The quantitative estimate of drug-likeness (QED) is 0.680. The first-order valence-electron chi connectivity index (χ1n) is 5.34. The van der Waals surface area contributed by atoms with Gasteiger partial charge in [-0.15, -0.1) is 0 Å². The molecule has 0 aliphatic heterocycles. The second-order valence-electron chi connectivity index (χ2n) is 3.76. The van der Waals surface area contributed by atoms with E-state index < -0.39 is 3.79 Å². The summed E-state index contributed by atoms with van der Waals surface area (Å²) in [5.41, 5.74) is 2.28. The van der Waals surface area contributed by atoms with Crippen molar-refractivity contribution < 1.29 is 0 Å². The first-order valence-corrected chi connectivity index (χ1v) is 7.26. The minimum Gasteiger partial charge on any atom is -0.233 e. The van der Waals surface area contributed by atoms with Gasteiger partial charge in [-0.3, -0.25) is 0 Å². The molecule has 2 aromatic rings. The molecule has 0 bridgehead atoms. The summed E-state index contributed by atoms with van der Waals surface area (Å²) in [4.78, 5) is 0. The fourth-order valence-corrected chi connectivity index (χ4v) is 2.40. The molecule has 1 heterocycles. The van der Waals surface area contributed by atoms with Gasteiger partial charge in [-0.1, -0.05) is 63.7 Å². The van der Waals surface area contributed by atoms with Crippen LogP contribution in [-0.2, 0) is 10.2 Å². The van der Waals surface area contributed by atoms with Crippen molar-refractivity contribution in [3.05, 3.63) is 46.2 Å². The van der Waals surface area contributed by atoms with Crippen LogP contribution in [0, 0.1) is 0 Å². The van der Waals surface area contributed by atoms with E-state index in [2.05, 4.69) is 21.0 Å². The van der Waals surface area contributed by atoms with E-state index in [0.717, 1.165) is 22.3 Å². The lowest BCUT2D eigenvalue weighted by Gasteiger charge is -2.13. The summed E-state index contributed by atoms with van der Waals surface area (Å²) in [7, 11) is 0. The van der Waals surface area contributed by atoms with Gasteiger partial charge in [0, 0.05) is 4.47 Å². The number of rotatable bonds is 2. The molecule has 0 aliphatic carbocycles. The van der Waals surface area contributed by atoms with E-state index in [0.29, 0.717) is 5.69 Å². The number of benzene rings is 1. The molecule has 2 rings (SSSR count). The maximum atomic E-state index is 5.98. The Bertz CT molecular complexity index is 561. The standard InChI is InChI=1S/C12H10BrCl3N2/c1-2-9-7-11(12(14,15)16)18(17-9)10-5-3-4-8(13)6-10/h3-7H,2H2,1H3. The minimum absolute atomic E-state index is 0.544. The van der Waals surface area contributed by atoms with Gasteiger partial charge in [-0.2, -0.15) is 5.10 Å². The van der Waals surface area contributed by atoms with Gasteiger partial charge in [0.15, 0.2) is 0 Å². The highest BCUT2D eigenvalue weighted by Crippen LogP contribution is 2.39. The average Bonchev–Trinajstić information content (AvgIpc) is 2.72. The summed E-state index contributed by atoms with van der Waals surface area (Å²) in [6.45, 7) is 2.01. The van der Waals surface area contributed by atoms with E-state index in [1.807, 2.05) is 37.3 Å². The van der Waals surface area contributed by atoms with Gasteiger partial charge in [0.1, 0.15) is 0 Å². The molecule has 1 aromatic heterocycles. The molecular weight excluding hydrogens is 358 g/mol. The van der Waals surface area contributed by atoms with Crippen molar-refractivity contribution in [1.29, 1.82) is 0 Å². The van der Waals surface area contributed by atoms with Crippen LogP contribution in [-0.4, -0.2) is 9.78 Å². The van der Waals surface area contributed by atoms with Gasteiger partial charge >= 0.3 is 0 Å². The maximum Gasteiger partial charge on any atom is 0.232 e. The van der Waals surface area contributed by atoms with Crippen LogP contribution in [0.25, 0.3) is 5.69 Å². The van der Waals surface area contributed by atoms with Crippen LogP contribution in [0.2, 0.25) is 0 Å². The fraction of sp³-hybridized carbons (Fsp3) is 0.250. The summed E-state index contributed by atoms with van der Waals surface area (Å²) < 4.78 is 1.11. The zero-order chi connectivity index (χ0) is 13.3. The average molecular weight is 368 g/mol. The summed E-state index contributed by atoms with van der Waals surface area (Å²) in [6, 6.07) is 9.50. The van der Waals surface area contributed by atoms with Crippen LogP contribution < -0.4 is 0 Å². The molecular formula is C12H10BrCl3N2. The van der Waals surface area contributed by atoms with Crippen molar-refractivity contribution in [3.63, 3.8) is 0 Å². The van der Waals surface area contributed by atoms with Crippen molar-refractivity contribution in [2.45, 2.75) is 17.1 Å². The van der Waals surface area contributed by atoms with E-state index >= 15 is 0 Å². The second-order valence-corrected chi connectivity index (χ2v) is 6.96. The molecule has 6 heteroatoms. The summed E-state index contributed by atoms with van der Waals surface area (Å²) in [6.07, 6.45) is 0.786. The Hall–Kier alpha value is -0.220. The molecule has 0 saturated heterocycles. The number of nitrogens with zero attached hydrogens (tertiary/aromatic N) is 2. The van der Waals surface area contributed by atoms with Crippen LogP contribution in [0.3, 0.4) is 0 Å². The zero-order valence-corrected chi connectivity index (χ0v) is 13.4. The molecule has 96 valence electrons. The topological polar surface area (TPSA) is 17.8 Å². The Morgan fingerprint density at radius 1 is 1.28 bits per heavy atom. The molecule has 0 amide bonds. The van der Waals surface area contributed by atoms with E-state index in [1.54, 1.807) is 4.68 Å². The normalized spacial score (nSPS) is 11.8. The van der Waals surface area contributed by atoms with Gasteiger partial charge in [-0.25, -0.2) is 4.68 Å². The number of hydrogen-bond donors (Lipinski definition) is 0. The molecule has 0 fully saturated rings. The van der Waals surface area contributed by atoms with Gasteiger partial charge < -0.3 is 0 Å². The highest BCUT2D eigenvalue weighted by atomic mass is 79.9. The summed E-state index contributed by atoms with van der Waals surface area (Å²) in [5.74, 6) is 0. The minimum atomic E-state index is -1.50. The Morgan fingerprint density at radius 3 is 2.56 bits per heavy atom. The molecule has 0 saturated carbocycles. The molecule has 0 spiro atoms. The second kappa shape index (κ2) is 5.41. The third-order valence-corrected chi connectivity index (χ3v) is 3.54. The monoisotopic (exact) mass is 366 g/mol. The predicted octanol–water partition coefficient (Wildman–Crippen LogP) is 5.02. The smallest absolute Gasteiger partial charge is 0.232 e. The van der Waals surface area contributed by atoms with Crippen LogP contribution >= 0.6 is 50.7 Å². The highest BCUT2D eigenvalue weighted by Gasteiger charge is 2.29. The number of aromatic nitrogens is 2. The lowest BCUT2D eigenvalue weighted by atomic mass is 10.3. The van der Waals surface area contributed by atoms with E-state index in [9.17, 15) is 0 Å². The largest absolute Gasteiger partial charge is 0.233 e. The van der Waals surface area contributed by atoms with Gasteiger partial charge in [-0.05, 0) is 30.7 Å². The van der Waals surface area contributed by atoms with Crippen molar-refractivity contribution in [2.24, 2.45) is 0 Å². The van der Waals surface area contributed by atoms with Gasteiger partial charge in [0.25, 0.3) is 0 Å². The Labute approximate surface area is 129 Å². The Morgan fingerprint density at radius 2 is 2.00 bits per heavy atom. The first kappa shape index (κ1) is 14.2. The number of hydrogen-bond acceptors (Lipinski definition) is 1. The molecule has 0 aliphatic rings. The molecule has 0 N–H and O–H groups in total. The number of aryl methyl sites for hydroxylation is 1. The lowest BCUT2D eigenvalue weighted by Crippen LogP contribution is -2.10. The van der Waals surface area contributed by atoms with Crippen LogP contribution in [0.5, 0.6) is 0 Å². The van der Waals surface area contributed by atoms with Gasteiger partial charge in [0.2, 0.25) is 3.79 Å². The zero-order valence-electron chi connectivity index (χ0n) is 9.50. The van der Waals surface area contributed by atoms with E-state index in [4.69, 9.17) is 34.8 Å². The molecule has 0 radical (unpaired) electrons. The molecule has 2 nitrogen and oxygen atoms in total. The van der Waals surface area contributed by atoms with Crippen molar-refractivity contribution in [3.8, 4) is 5.69 Å². The van der Waals surface area contributed by atoms with Crippen molar-refractivity contribution >= 4 is 50.7 Å². The number of halogens is 4. The van der Waals surface area contributed by atoms with Crippen LogP contribution in [0.4, 0.5) is 0 Å². The fourth-order valence-electron chi connectivity index (χ4n) is 1.61. The highest BCUT2D eigenvalue weighted by molar-refractivity contribution is 9.10. The maximum absolute atomic E-state index is 5.98. The molecule has 0 unspecified atom stereocenters. The third kappa shape index (κ3) is 3.02. The molecule has 0 atom stereocenters. The lowest BCUT2D eigenvalue weighted by molar-refractivity contribution is 0.799. The van der Waals surface area contributed by atoms with Crippen LogP contribution in [0.15, 0.2) is 34.8 Å². The SMILES string of the molecule is CCc1cc(C(Cl)(Cl)Cl)n(-c2cccc(Br)c2)n1. The van der Waals surface area contributed by atoms with Crippen LogP contribution in [0.1, 0.15) is 18.3 Å². The van der Waals surface area contributed by atoms with Crippen molar-refractivity contribution in [1.82, 2.24) is 9.78 Å². The molecule has 1 aromatic carbocycles. The Kier molecular flexibility index (Phi) is 4.27. The third-order valence-electron chi connectivity index (χ3n) is 2.47. The molecule has 18 heavy (non-hydrogen) atoms. The van der Waals surface area contributed by atoms with E-state index in [-0.39, 0.29) is 0 Å². The Balaban J connectivity index is 2.59. The number of alkyl halides is 3. The van der Waals surface area contributed by atoms with Crippen molar-refractivity contribution in [2.75, 3.05) is 0 Å². The summed E-state index contributed by atoms with van der Waals surface area (Å²) in [5, 5.41) is 4.45. The summed E-state index contributed by atoms with van der Waals surface area (Å²) >= 11 is 21.4. The van der Waals surface area contributed by atoms with E-state index in [1.165, 1.54) is 0 Å².